The van der Waals surface area contributed by atoms with E-state index in [1.54, 1.807) is 6.92 Å². The normalized spacial score (nSPS) is 19.6. The van der Waals surface area contributed by atoms with Gasteiger partial charge in [0, 0.05) is 36.1 Å². The molecular formula is C14H21N3O. The molecule has 0 aromatic heterocycles. The van der Waals surface area contributed by atoms with Crippen LogP contribution in [0.25, 0.3) is 0 Å². The van der Waals surface area contributed by atoms with E-state index in [9.17, 15) is 4.79 Å². The van der Waals surface area contributed by atoms with Crippen LogP contribution in [0.1, 0.15) is 23.7 Å². The predicted molar refractivity (Wildman–Crippen MR) is 75.2 cm³/mol. The van der Waals surface area contributed by atoms with E-state index >= 15 is 0 Å². The second-order valence-corrected chi connectivity index (χ2v) is 5.18. The standard InChI is InChI=1S/C14H21N3O/c1-10(18)13-8-11(4-5-14(13)15)17-7-6-12(9-17)16(2)3/h4-5,8,12H,6-7,9,15H2,1-3H3. The van der Waals surface area contributed by atoms with Gasteiger partial charge in [0.2, 0.25) is 0 Å². The summed E-state index contributed by atoms with van der Waals surface area (Å²) in [6.07, 6.45) is 1.16. The lowest BCUT2D eigenvalue weighted by molar-refractivity contribution is 0.101. The summed E-state index contributed by atoms with van der Waals surface area (Å²) in [6.45, 7) is 3.60. The zero-order valence-electron chi connectivity index (χ0n) is 11.3. The topological polar surface area (TPSA) is 49.6 Å². The van der Waals surface area contributed by atoms with Crippen LogP contribution in [-0.4, -0.2) is 43.9 Å². The minimum Gasteiger partial charge on any atom is -0.398 e. The van der Waals surface area contributed by atoms with Crippen LogP contribution < -0.4 is 10.6 Å². The van der Waals surface area contributed by atoms with Gasteiger partial charge in [-0.05, 0) is 45.6 Å². The first-order valence-electron chi connectivity index (χ1n) is 6.31. The fraction of sp³-hybridized carbons (Fsp3) is 0.500. The summed E-state index contributed by atoms with van der Waals surface area (Å²) in [4.78, 5) is 16.1. The number of nitrogen functional groups attached to an aromatic ring is 1. The first kappa shape index (κ1) is 12.9. The Balaban J connectivity index is 2.20. The number of benzene rings is 1. The van der Waals surface area contributed by atoms with Gasteiger partial charge in [-0.25, -0.2) is 0 Å². The molecule has 1 unspecified atom stereocenters. The number of hydrogen-bond acceptors (Lipinski definition) is 4. The van der Waals surface area contributed by atoms with Crippen LogP contribution in [0.4, 0.5) is 11.4 Å². The lowest BCUT2D eigenvalue weighted by atomic mass is 10.1. The van der Waals surface area contributed by atoms with Crippen molar-refractivity contribution in [2.45, 2.75) is 19.4 Å². The molecule has 4 heteroatoms. The maximum Gasteiger partial charge on any atom is 0.161 e. The van der Waals surface area contributed by atoms with Gasteiger partial charge in [-0.2, -0.15) is 0 Å². The number of carbonyl (C=O) groups is 1. The van der Waals surface area contributed by atoms with E-state index in [0.717, 1.165) is 25.2 Å². The van der Waals surface area contributed by atoms with E-state index < -0.39 is 0 Å². The highest BCUT2D eigenvalue weighted by Crippen LogP contribution is 2.26. The summed E-state index contributed by atoms with van der Waals surface area (Å²) in [5.74, 6) is 0.0257. The van der Waals surface area contributed by atoms with E-state index in [2.05, 4.69) is 23.9 Å². The second-order valence-electron chi connectivity index (χ2n) is 5.18. The molecule has 1 saturated heterocycles. The summed E-state index contributed by atoms with van der Waals surface area (Å²) in [5.41, 5.74) is 8.10. The molecule has 0 aliphatic carbocycles. The van der Waals surface area contributed by atoms with Crippen LogP contribution in [0.5, 0.6) is 0 Å². The van der Waals surface area contributed by atoms with Gasteiger partial charge in [-0.15, -0.1) is 0 Å². The Hall–Kier alpha value is -1.55. The summed E-state index contributed by atoms with van der Waals surface area (Å²) in [7, 11) is 4.22. The number of anilines is 2. The maximum atomic E-state index is 11.5. The molecule has 0 spiro atoms. The molecule has 1 fully saturated rings. The zero-order valence-corrected chi connectivity index (χ0v) is 11.3. The Labute approximate surface area is 108 Å². The molecule has 98 valence electrons. The molecule has 2 rings (SSSR count). The van der Waals surface area contributed by atoms with Crippen molar-refractivity contribution in [3.8, 4) is 0 Å². The van der Waals surface area contributed by atoms with Crippen molar-refractivity contribution in [3.63, 3.8) is 0 Å². The third-order valence-electron chi connectivity index (χ3n) is 3.67. The maximum absolute atomic E-state index is 11.5. The number of nitrogens with zero attached hydrogens (tertiary/aromatic N) is 2. The molecule has 18 heavy (non-hydrogen) atoms. The van der Waals surface area contributed by atoms with Crippen molar-refractivity contribution < 1.29 is 4.79 Å². The molecule has 1 heterocycles. The largest absolute Gasteiger partial charge is 0.398 e. The lowest BCUT2D eigenvalue weighted by Crippen LogP contribution is -2.31. The van der Waals surface area contributed by atoms with Gasteiger partial charge in [0.1, 0.15) is 0 Å². The van der Waals surface area contributed by atoms with Crippen LogP contribution in [0.15, 0.2) is 18.2 Å². The van der Waals surface area contributed by atoms with Gasteiger partial charge in [0.05, 0.1) is 0 Å². The molecule has 0 radical (unpaired) electrons. The van der Waals surface area contributed by atoms with E-state index in [-0.39, 0.29) is 5.78 Å². The van der Waals surface area contributed by atoms with Crippen LogP contribution in [0.3, 0.4) is 0 Å². The molecule has 1 aromatic rings. The van der Waals surface area contributed by atoms with E-state index in [1.165, 1.54) is 0 Å². The Kier molecular flexibility index (Phi) is 3.57. The monoisotopic (exact) mass is 247 g/mol. The number of likely N-dealkylation sites (N-methyl/N-ethyl adjacent to an activating group) is 1. The number of carbonyl (C=O) groups excluding carboxylic acids is 1. The highest BCUT2D eigenvalue weighted by molar-refractivity contribution is 6.00. The van der Waals surface area contributed by atoms with Gasteiger partial charge < -0.3 is 15.5 Å². The quantitative estimate of drug-likeness (QED) is 0.651. The van der Waals surface area contributed by atoms with Crippen LogP contribution in [-0.2, 0) is 0 Å². The third-order valence-corrected chi connectivity index (χ3v) is 3.67. The zero-order chi connectivity index (χ0) is 13.3. The molecule has 0 bridgehead atoms. The van der Waals surface area contributed by atoms with Crippen molar-refractivity contribution in [2.75, 3.05) is 37.8 Å². The van der Waals surface area contributed by atoms with Crippen molar-refractivity contribution in [1.82, 2.24) is 4.90 Å². The van der Waals surface area contributed by atoms with E-state index in [0.29, 0.717) is 17.3 Å². The molecule has 4 nitrogen and oxygen atoms in total. The van der Waals surface area contributed by atoms with Gasteiger partial charge in [0.15, 0.2) is 5.78 Å². The number of hydrogen-bond donors (Lipinski definition) is 1. The predicted octanol–water partition coefficient (Wildman–Crippen LogP) is 1.61. The average molecular weight is 247 g/mol. The van der Waals surface area contributed by atoms with Gasteiger partial charge in [0.25, 0.3) is 0 Å². The van der Waals surface area contributed by atoms with Crippen LogP contribution in [0, 0.1) is 0 Å². The lowest BCUT2D eigenvalue weighted by Gasteiger charge is -2.22. The highest BCUT2D eigenvalue weighted by atomic mass is 16.1. The molecule has 1 atom stereocenters. The minimum atomic E-state index is 0.0257. The van der Waals surface area contributed by atoms with Gasteiger partial charge in [-0.3, -0.25) is 4.79 Å². The van der Waals surface area contributed by atoms with Crippen molar-refractivity contribution >= 4 is 17.2 Å². The number of ketones is 1. The molecule has 1 aliphatic rings. The summed E-state index contributed by atoms with van der Waals surface area (Å²) in [5, 5.41) is 0. The Morgan fingerprint density at radius 3 is 2.72 bits per heavy atom. The van der Waals surface area contributed by atoms with Crippen LogP contribution >= 0.6 is 0 Å². The van der Waals surface area contributed by atoms with Gasteiger partial charge >= 0.3 is 0 Å². The Morgan fingerprint density at radius 2 is 2.17 bits per heavy atom. The minimum absolute atomic E-state index is 0.0257. The summed E-state index contributed by atoms with van der Waals surface area (Å²) >= 11 is 0. The van der Waals surface area contributed by atoms with Crippen molar-refractivity contribution in [3.05, 3.63) is 23.8 Å². The average Bonchev–Trinajstić information content (AvgIpc) is 2.78. The fourth-order valence-corrected chi connectivity index (χ4v) is 2.44. The van der Waals surface area contributed by atoms with Crippen LogP contribution in [0.2, 0.25) is 0 Å². The second kappa shape index (κ2) is 4.98. The van der Waals surface area contributed by atoms with Crippen molar-refractivity contribution in [2.24, 2.45) is 0 Å². The summed E-state index contributed by atoms with van der Waals surface area (Å²) < 4.78 is 0. The fourth-order valence-electron chi connectivity index (χ4n) is 2.44. The van der Waals surface area contributed by atoms with E-state index in [1.807, 2.05) is 18.2 Å². The third kappa shape index (κ3) is 2.48. The first-order chi connectivity index (χ1) is 8.49. The Bertz CT molecular complexity index is 456. The molecule has 2 N–H and O–H groups in total. The molecule has 0 saturated carbocycles. The van der Waals surface area contributed by atoms with Crippen molar-refractivity contribution in [1.29, 1.82) is 0 Å². The highest BCUT2D eigenvalue weighted by Gasteiger charge is 2.24. The first-order valence-corrected chi connectivity index (χ1v) is 6.31. The molecule has 1 aliphatic heterocycles. The number of nitrogens with two attached hydrogens (primary N) is 1. The molecular weight excluding hydrogens is 226 g/mol. The number of rotatable bonds is 3. The number of Topliss-reactive ketones (excluding diaryl/α,β-unsaturated/α-hetero) is 1. The Morgan fingerprint density at radius 1 is 1.44 bits per heavy atom. The SMILES string of the molecule is CC(=O)c1cc(N2CCC(N(C)C)C2)ccc1N. The molecule has 1 aromatic carbocycles. The van der Waals surface area contributed by atoms with E-state index in [4.69, 9.17) is 5.73 Å². The van der Waals surface area contributed by atoms with Gasteiger partial charge in [-0.1, -0.05) is 0 Å². The molecule has 0 amide bonds. The smallest absolute Gasteiger partial charge is 0.161 e. The summed E-state index contributed by atoms with van der Waals surface area (Å²) in [6, 6.07) is 6.33.